The second-order valence-corrected chi connectivity index (χ2v) is 5.85. The van der Waals surface area contributed by atoms with Crippen LogP contribution in [0.15, 0.2) is 16.3 Å². The van der Waals surface area contributed by atoms with Crippen LogP contribution in [0.1, 0.15) is 16.1 Å². The van der Waals surface area contributed by atoms with Gasteiger partial charge in [-0.05, 0) is 12.1 Å². The summed E-state index contributed by atoms with van der Waals surface area (Å²) in [5.41, 5.74) is 0. The topological polar surface area (TPSA) is 83.5 Å². The van der Waals surface area contributed by atoms with Crippen LogP contribution in [0.4, 0.5) is 0 Å². The molecule has 0 aliphatic rings. The minimum atomic E-state index is -3.64. The van der Waals surface area contributed by atoms with Crippen LogP contribution in [0.3, 0.4) is 0 Å². The number of thiophene rings is 1. The summed E-state index contributed by atoms with van der Waals surface area (Å²) in [5.74, 6) is 1.15. The third-order valence-electron chi connectivity index (χ3n) is 1.62. The van der Waals surface area contributed by atoms with Gasteiger partial charge in [0.1, 0.15) is 9.09 Å². The summed E-state index contributed by atoms with van der Waals surface area (Å²) in [4.78, 5) is 10.6. The lowest BCUT2D eigenvalue weighted by molar-refractivity contribution is 0.0702. The van der Waals surface area contributed by atoms with Crippen molar-refractivity contribution in [3.63, 3.8) is 0 Å². The van der Waals surface area contributed by atoms with Gasteiger partial charge >= 0.3 is 5.97 Å². The molecule has 0 aliphatic heterocycles. The Morgan fingerprint density at radius 3 is 2.75 bits per heavy atom. The molecule has 5 nitrogen and oxygen atoms in total. The molecule has 0 atom stereocenters. The van der Waals surface area contributed by atoms with Crippen LogP contribution in [0, 0.1) is 12.3 Å². The lowest BCUT2D eigenvalue weighted by Crippen LogP contribution is -2.23. The van der Waals surface area contributed by atoms with Gasteiger partial charge in [-0.1, -0.05) is 0 Å². The first-order valence-electron chi connectivity index (χ1n) is 4.23. The maximum atomic E-state index is 11.6. The summed E-state index contributed by atoms with van der Waals surface area (Å²) >= 11 is 0.704. The Morgan fingerprint density at radius 1 is 1.56 bits per heavy atom. The van der Waals surface area contributed by atoms with Gasteiger partial charge in [-0.25, -0.2) is 17.9 Å². The van der Waals surface area contributed by atoms with Crippen LogP contribution in [0.2, 0.25) is 0 Å². The molecular formula is C9H9NO4S2. The van der Waals surface area contributed by atoms with E-state index in [-0.39, 0.29) is 22.1 Å². The van der Waals surface area contributed by atoms with Gasteiger partial charge in [0.25, 0.3) is 0 Å². The maximum absolute atomic E-state index is 11.6. The molecular weight excluding hydrogens is 250 g/mol. The highest BCUT2D eigenvalue weighted by molar-refractivity contribution is 7.91. The van der Waals surface area contributed by atoms with Crippen LogP contribution >= 0.6 is 11.3 Å². The van der Waals surface area contributed by atoms with Crippen molar-refractivity contribution in [3.05, 3.63) is 17.0 Å². The highest BCUT2D eigenvalue weighted by atomic mass is 32.2. The summed E-state index contributed by atoms with van der Waals surface area (Å²) < 4.78 is 25.4. The fraction of sp³-hybridized carbons (Fsp3) is 0.222. The number of carbonyl (C=O) groups is 1. The second-order valence-electron chi connectivity index (χ2n) is 2.78. The zero-order valence-electron chi connectivity index (χ0n) is 8.13. The van der Waals surface area contributed by atoms with Crippen molar-refractivity contribution in [1.82, 2.24) is 4.72 Å². The third-order valence-corrected chi connectivity index (χ3v) is 4.64. The normalized spacial score (nSPS) is 10.9. The zero-order chi connectivity index (χ0) is 12.2. The van der Waals surface area contributed by atoms with E-state index in [4.69, 9.17) is 11.5 Å². The molecule has 0 radical (unpaired) electrons. The van der Waals surface area contributed by atoms with Gasteiger partial charge in [-0.2, -0.15) is 0 Å². The molecule has 1 rings (SSSR count). The van der Waals surface area contributed by atoms with Gasteiger partial charge in [0.05, 0.1) is 0 Å². The van der Waals surface area contributed by atoms with Crippen LogP contribution in [-0.2, 0) is 10.0 Å². The lowest BCUT2D eigenvalue weighted by atomic mass is 10.5. The van der Waals surface area contributed by atoms with Gasteiger partial charge in [0, 0.05) is 13.0 Å². The van der Waals surface area contributed by atoms with Crippen LogP contribution in [0.25, 0.3) is 0 Å². The van der Waals surface area contributed by atoms with Crippen molar-refractivity contribution >= 4 is 27.3 Å². The molecule has 16 heavy (non-hydrogen) atoms. The van der Waals surface area contributed by atoms with E-state index in [9.17, 15) is 13.2 Å². The highest BCUT2D eigenvalue weighted by Gasteiger charge is 2.17. The maximum Gasteiger partial charge on any atom is 0.345 e. The molecule has 86 valence electrons. The van der Waals surface area contributed by atoms with Crippen molar-refractivity contribution in [1.29, 1.82) is 0 Å². The number of sulfonamides is 1. The fourth-order valence-electron chi connectivity index (χ4n) is 0.908. The van der Waals surface area contributed by atoms with Crippen molar-refractivity contribution in [2.45, 2.75) is 10.6 Å². The Hall–Kier alpha value is -1.36. The molecule has 2 N–H and O–H groups in total. The molecule has 0 amide bonds. The Morgan fingerprint density at radius 2 is 2.25 bits per heavy atom. The van der Waals surface area contributed by atoms with E-state index in [0.717, 1.165) is 0 Å². The van der Waals surface area contributed by atoms with Gasteiger partial charge < -0.3 is 5.11 Å². The molecule has 0 fully saturated rings. The lowest BCUT2D eigenvalue weighted by Gasteiger charge is -2.01. The Bertz CT molecular complexity index is 524. The number of terminal acetylenes is 1. The highest BCUT2D eigenvalue weighted by Crippen LogP contribution is 2.21. The molecule has 7 heteroatoms. The van der Waals surface area contributed by atoms with E-state index in [1.165, 1.54) is 12.1 Å². The number of carboxylic acid groups (broad SMARTS) is 1. The summed E-state index contributed by atoms with van der Waals surface area (Å²) in [5, 5.41) is 8.65. The van der Waals surface area contributed by atoms with Crippen molar-refractivity contribution < 1.29 is 18.3 Å². The largest absolute Gasteiger partial charge is 0.477 e. The third kappa shape index (κ3) is 3.06. The van der Waals surface area contributed by atoms with Gasteiger partial charge in [-0.3, -0.25) is 0 Å². The Kier molecular flexibility index (Phi) is 4.06. The number of rotatable bonds is 5. The summed E-state index contributed by atoms with van der Waals surface area (Å²) in [7, 11) is -3.64. The van der Waals surface area contributed by atoms with Crippen molar-refractivity contribution in [2.24, 2.45) is 0 Å². The fourth-order valence-corrected chi connectivity index (χ4v) is 3.13. The predicted molar refractivity (Wildman–Crippen MR) is 59.9 cm³/mol. The van der Waals surface area contributed by atoms with Crippen molar-refractivity contribution in [2.75, 3.05) is 6.54 Å². The molecule has 0 saturated heterocycles. The molecule has 0 spiro atoms. The van der Waals surface area contributed by atoms with E-state index in [2.05, 4.69) is 10.6 Å². The van der Waals surface area contributed by atoms with E-state index < -0.39 is 16.0 Å². The van der Waals surface area contributed by atoms with Crippen molar-refractivity contribution in [3.8, 4) is 12.3 Å². The standard InChI is InChI=1S/C9H9NO4S2/c1-2-3-6-10-16(13,14)8-5-4-7(15-8)9(11)12/h1,4-5,10H,3,6H2,(H,11,12). The van der Waals surface area contributed by atoms with E-state index in [1.54, 1.807) is 0 Å². The van der Waals surface area contributed by atoms with Gasteiger partial charge in [-0.15, -0.1) is 23.7 Å². The molecule has 0 unspecified atom stereocenters. The Labute approximate surface area is 97.2 Å². The minimum Gasteiger partial charge on any atom is -0.477 e. The SMILES string of the molecule is C#CCCNS(=O)(=O)c1ccc(C(=O)O)s1. The summed E-state index contributed by atoms with van der Waals surface area (Å²) in [6.45, 7) is 0.138. The number of hydrogen-bond acceptors (Lipinski definition) is 4. The molecule has 1 aromatic heterocycles. The molecule has 0 aromatic carbocycles. The quantitative estimate of drug-likeness (QED) is 0.603. The molecule has 0 saturated carbocycles. The number of hydrogen-bond donors (Lipinski definition) is 2. The minimum absolute atomic E-state index is 0.0164. The molecule has 0 bridgehead atoms. The summed E-state index contributed by atoms with van der Waals surface area (Å²) in [6.07, 6.45) is 5.27. The first kappa shape index (κ1) is 12.7. The average Bonchev–Trinajstić information content (AvgIpc) is 2.67. The zero-order valence-corrected chi connectivity index (χ0v) is 9.77. The van der Waals surface area contributed by atoms with Gasteiger partial charge in [0.15, 0.2) is 0 Å². The number of carboxylic acids is 1. The van der Waals surface area contributed by atoms with E-state index in [0.29, 0.717) is 11.3 Å². The first-order chi connectivity index (χ1) is 7.47. The van der Waals surface area contributed by atoms with Crippen LogP contribution in [0.5, 0.6) is 0 Å². The first-order valence-corrected chi connectivity index (χ1v) is 6.53. The predicted octanol–water partition coefficient (Wildman–Crippen LogP) is 0.748. The van der Waals surface area contributed by atoms with E-state index in [1.807, 2.05) is 0 Å². The second kappa shape index (κ2) is 5.12. The van der Waals surface area contributed by atoms with Crippen LogP contribution in [-0.4, -0.2) is 26.0 Å². The van der Waals surface area contributed by atoms with E-state index >= 15 is 0 Å². The Balaban J connectivity index is 2.83. The number of aromatic carboxylic acids is 1. The average molecular weight is 259 g/mol. The smallest absolute Gasteiger partial charge is 0.345 e. The monoisotopic (exact) mass is 259 g/mol. The van der Waals surface area contributed by atoms with Crippen LogP contribution < -0.4 is 4.72 Å². The summed E-state index contributed by atoms with van der Waals surface area (Å²) in [6, 6.07) is 2.51. The number of nitrogens with one attached hydrogen (secondary N) is 1. The molecule has 1 heterocycles. The molecule has 1 aromatic rings. The van der Waals surface area contributed by atoms with Gasteiger partial charge in [0.2, 0.25) is 10.0 Å². The molecule has 0 aliphatic carbocycles.